The Labute approximate surface area is 116 Å². The highest BCUT2D eigenvalue weighted by molar-refractivity contribution is 5.82. The summed E-state index contributed by atoms with van der Waals surface area (Å²) < 4.78 is 19.0. The van der Waals surface area contributed by atoms with Crippen molar-refractivity contribution in [2.75, 3.05) is 0 Å². The molecular weight excluding hydrogens is 257 g/mol. The van der Waals surface area contributed by atoms with Gasteiger partial charge in [0.05, 0.1) is 0 Å². The standard InChI is InChI=1S/C16H14FNO2/c17-13-7-3-1-6-12(13)10-18-16(19)15-9-11-5-2-4-8-14(11)20-15/h1-8,15H,9-10H2,(H,18,19)/t15-/m0/s1. The average molecular weight is 271 g/mol. The van der Waals surface area contributed by atoms with Crippen molar-refractivity contribution in [3.05, 3.63) is 65.5 Å². The van der Waals surface area contributed by atoms with Crippen LogP contribution < -0.4 is 10.1 Å². The number of hydrogen-bond donors (Lipinski definition) is 1. The van der Waals surface area contributed by atoms with Crippen LogP contribution in [0, 0.1) is 5.82 Å². The van der Waals surface area contributed by atoms with Crippen molar-refractivity contribution in [2.45, 2.75) is 19.1 Å². The molecule has 0 unspecified atom stereocenters. The van der Waals surface area contributed by atoms with Crippen molar-refractivity contribution >= 4 is 5.91 Å². The fraction of sp³-hybridized carbons (Fsp3) is 0.188. The summed E-state index contributed by atoms with van der Waals surface area (Å²) in [7, 11) is 0. The third-order valence-electron chi connectivity index (χ3n) is 3.35. The smallest absolute Gasteiger partial charge is 0.261 e. The number of hydrogen-bond acceptors (Lipinski definition) is 2. The van der Waals surface area contributed by atoms with Crippen molar-refractivity contribution in [2.24, 2.45) is 0 Å². The third kappa shape index (κ3) is 2.50. The number of amides is 1. The Bertz CT molecular complexity index is 617. The Morgan fingerprint density at radius 3 is 2.75 bits per heavy atom. The van der Waals surface area contributed by atoms with Gasteiger partial charge >= 0.3 is 0 Å². The normalized spacial score (nSPS) is 16.4. The lowest BCUT2D eigenvalue weighted by molar-refractivity contribution is -0.127. The molecule has 20 heavy (non-hydrogen) atoms. The van der Waals surface area contributed by atoms with Crippen molar-refractivity contribution in [1.29, 1.82) is 0 Å². The molecule has 1 atom stereocenters. The molecule has 0 saturated heterocycles. The van der Waals surface area contributed by atoms with Crippen LogP contribution in [0.15, 0.2) is 48.5 Å². The lowest BCUT2D eigenvalue weighted by Crippen LogP contribution is -2.37. The molecule has 0 saturated carbocycles. The van der Waals surface area contributed by atoms with E-state index in [0.717, 1.165) is 11.3 Å². The molecule has 3 rings (SSSR count). The van der Waals surface area contributed by atoms with E-state index in [-0.39, 0.29) is 18.3 Å². The van der Waals surface area contributed by atoms with Gasteiger partial charge in [0.25, 0.3) is 5.91 Å². The van der Waals surface area contributed by atoms with E-state index in [1.807, 2.05) is 24.3 Å². The lowest BCUT2D eigenvalue weighted by Gasteiger charge is -2.11. The molecule has 2 aromatic carbocycles. The predicted molar refractivity (Wildman–Crippen MR) is 72.8 cm³/mol. The Morgan fingerprint density at radius 2 is 1.95 bits per heavy atom. The van der Waals surface area contributed by atoms with Gasteiger partial charge in [0, 0.05) is 18.5 Å². The summed E-state index contributed by atoms with van der Waals surface area (Å²) in [6, 6.07) is 14.0. The number of carbonyl (C=O) groups excluding carboxylic acids is 1. The Hall–Kier alpha value is -2.36. The number of fused-ring (bicyclic) bond motifs is 1. The summed E-state index contributed by atoms with van der Waals surface area (Å²) in [4.78, 5) is 12.0. The maximum absolute atomic E-state index is 13.4. The van der Waals surface area contributed by atoms with Crippen LogP contribution in [-0.4, -0.2) is 12.0 Å². The summed E-state index contributed by atoms with van der Waals surface area (Å²) in [5.74, 6) is 0.214. The lowest BCUT2D eigenvalue weighted by atomic mass is 10.1. The molecule has 102 valence electrons. The number of nitrogens with one attached hydrogen (secondary N) is 1. The molecule has 0 aromatic heterocycles. The quantitative estimate of drug-likeness (QED) is 0.931. The van der Waals surface area contributed by atoms with Gasteiger partial charge in [-0.15, -0.1) is 0 Å². The van der Waals surface area contributed by atoms with E-state index in [1.165, 1.54) is 6.07 Å². The van der Waals surface area contributed by atoms with Crippen LogP contribution >= 0.6 is 0 Å². The first-order chi connectivity index (χ1) is 9.74. The van der Waals surface area contributed by atoms with Crippen LogP contribution in [0.3, 0.4) is 0 Å². The second-order valence-corrected chi connectivity index (χ2v) is 4.73. The van der Waals surface area contributed by atoms with E-state index in [9.17, 15) is 9.18 Å². The van der Waals surface area contributed by atoms with Gasteiger partial charge in [-0.3, -0.25) is 4.79 Å². The van der Waals surface area contributed by atoms with Crippen LogP contribution in [0.5, 0.6) is 5.75 Å². The van der Waals surface area contributed by atoms with E-state index < -0.39 is 6.10 Å². The van der Waals surface area contributed by atoms with E-state index in [4.69, 9.17) is 4.74 Å². The zero-order chi connectivity index (χ0) is 13.9. The summed E-state index contributed by atoms with van der Waals surface area (Å²) in [6.07, 6.45) is 0.0263. The van der Waals surface area contributed by atoms with Gasteiger partial charge < -0.3 is 10.1 Å². The van der Waals surface area contributed by atoms with Crippen molar-refractivity contribution in [3.63, 3.8) is 0 Å². The second kappa shape index (κ2) is 5.33. The van der Waals surface area contributed by atoms with Gasteiger partial charge in [0.2, 0.25) is 0 Å². The number of ether oxygens (including phenoxy) is 1. The van der Waals surface area contributed by atoms with E-state index in [1.54, 1.807) is 18.2 Å². The zero-order valence-corrected chi connectivity index (χ0v) is 10.8. The zero-order valence-electron chi connectivity index (χ0n) is 10.8. The molecule has 1 amide bonds. The molecule has 0 bridgehead atoms. The fourth-order valence-corrected chi connectivity index (χ4v) is 2.27. The molecule has 1 N–H and O–H groups in total. The van der Waals surface area contributed by atoms with E-state index in [2.05, 4.69) is 5.32 Å². The average Bonchev–Trinajstić information content (AvgIpc) is 2.90. The van der Waals surface area contributed by atoms with Gasteiger partial charge in [0.15, 0.2) is 6.10 Å². The summed E-state index contributed by atoms with van der Waals surface area (Å²) in [5, 5.41) is 2.71. The van der Waals surface area contributed by atoms with Gasteiger partial charge in [0.1, 0.15) is 11.6 Å². The van der Waals surface area contributed by atoms with Crippen molar-refractivity contribution < 1.29 is 13.9 Å². The van der Waals surface area contributed by atoms with Gasteiger partial charge in [-0.05, 0) is 17.7 Å². The fourth-order valence-electron chi connectivity index (χ4n) is 2.27. The molecule has 4 heteroatoms. The molecule has 1 heterocycles. The highest BCUT2D eigenvalue weighted by Crippen LogP contribution is 2.28. The number of rotatable bonds is 3. The van der Waals surface area contributed by atoms with Gasteiger partial charge in [-0.25, -0.2) is 4.39 Å². The monoisotopic (exact) mass is 271 g/mol. The first-order valence-corrected chi connectivity index (χ1v) is 6.50. The van der Waals surface area contributed by atoms with Crippen molar-refractivity contribution in [1.82, 2.24) is 5.32 Å². The highest BCUT2D eigenvalue weighted by Gasteiger charge is 2.28. The minimum Gasteiger partial charge on any atom is -0.480 e. The molecule has 1 aliphatic heterocycles. The van der Waals surface area contributed by atoms with Crippen LogP contribution in [-0.2, 0) is 17.8 Å². The van der Waals surface area contributed by atoms with Gasteiger partial charge in [-0.2, -0.15) is 0 Å². The molecule has 0 aliphatic carbocycles. The number of halogens is 1. The molecule has 3 nitrogen and oxygen atoms in total. The summed E-state index contributed by atoms with van der Waals surface area (Å²) in [6.45, 7) is 0.168. The Morgan fingerprint density at radius 1 is 1.20 bits per heavy atom. The predicted octanol–water partition coefficient (Wildman–Crippen LogP) is 2.45. The highest BCUT2D eigenvalue weighted by atomic mass is 19.1. The summed E-state index contributed by atoms with van der Waals surface area (Å²) in [5.41, 5.74) is 1.50. The van der Waals surface area contributed by atoms with E-state index in [0.29, 0.717) is 12.0 Å². The van der Waals surface area contributed by atoms with Crippen LogP contribution in [0.4, 0.5) is 4.39 Å². The van der Waals surface area contributed by atoms with Crippen molar-refractivity contribution in [3.8, 4) is 5.75 Å². The Kier molecular flexibility index (Phi) is 3.37. The van der Waals surface area contributed by atoms with E-state index >= 15 is 0 Å². The second-order valence-electron chi connectivity index (χ2n) is 4.73. The first-order valence-electron chi connectivity index (χ1n) is 6.50. The van der Waals surface area contributed by atoms with Crippen LogP contribution in [0.2, 0.25) is 0 Å². The molecular formula is C16H14FNO2. The summed E-state index contributed by atoms with van der Waals surface area (Å²) >= 11 is 0. The van der Waals surface area contributed by atoms with Crippen LogP contribution in [0.25, 0.3) is 0 Å². The molecule has 0 fully saturated rings. The molecule has 0 spiro atoms. The number of carbonyl (C=O) groups is 1. The van der Waals surface area contributed by atoms with Gasteiger partial charge in [-0.1, -0.05) is 36.4 Å². The number of para-hydroxylation sites is 1. The minimum absolute atomic E-state index is 0.168. The largest absolute Gasteiger partial charge is 0.480 e. The first kappa shape index (κ1) is 12.7. The topological polar surface area (TPSA) is 38.3 Å². The molecule has 1 aliphatic rings. The third-order valence-corrected chi connectivity index (χ3v) is 3.35. The minimum atomic E-state index is -0.529. The maximum Gasteiger partial charge on any atom is 0.261 e. The molecule has 0 radical (unpaired) electrons. The SMILES string of the molecule is O=C(NCc1ccccc1F)[C@@H]1Cc2ccccc2O1. The maximum atomic E-state index is 13.4. The number of benzene rings is 2. The van der Waals surface area contributed by atoms with Crippen LogP contribution in [0.1, 0.15) is 11.1 Å². The molecule has 2 aromatic rings. The Balaban J connectivity index is 1.61.